The first-order chi connectivity index (χ1) is 18.4. The van der Waals surface area contributed by atoms with E-state index in [1.165, 1.54) is 0 Å². The van der Waals surface area contributed by atoms with E-state index in [4.69, 9.17) is 19.2 Å². The summed E-state index contributed by atoms with van der Waals surface area (Å²) < 4.78 is 18.7. The van der Waals surface area contributed by atoms with Gasteiger partial charge in [0, 0.05) is 21.2 Å². The topological polar surface area (TPSA) is 104 Å². The molecule has 212 valence electrons. The molecule has 0 radical (unpaired) electrons. The van der Waals surface area contributed by atoms with Crippen LogP contribution in [0.4, 0.5) is 9.59 Å². The monoisotopic (exact) mass is 554 g/mol. The molecule has 0 aliphatic rings. The van der Waals surface area contributed by atoms with Crippen LogP contribution in [0.3, 0.4) is 0 Å². The minimum atomic E-state index is -1.22. The molecule has 9 nitrogen and oxygen atoms in total. The molecule has 2 amide bonds. The maximum Gasteiger partial charge on any atom is 0.407 e. The van der Waals surface area contributed by atoms with E-state index in [-0.39, 0.29) is 13.2 Å². The second kappa shape index (κ2) is 13.6. The van der Waals surface area contributed by atoms with Gasteiger partial charge in [-0.05, 0) is 56.5 Å². The summed E-state index contributed by atoms with van der Waals surface area (Å²) in [4.78, 5) is 29.1. The average molecular weight is 555 g/mol. The largest absolute Gasteiger partial charge is 0.445 e. The number of rotatable bonds is 12. The number of hydrogen-bond acceptors (Lipinski definition) is 6. The molecule has 1 aromatic heterocycles. The Hall–Kier alpha value is -3.37. The molecule has 0 saturated heterocycles. The van der Waals surface area contributed by atoms with Gasteiger partial charge in [0.1, 0.15) is 24.8 Å². The highest BCUT2D eigenvalue weighted by Gasteiger charge is 2.17. The van der Waals surface area contributed by atoms with E-state index in [9.17, 15) is 9.59 Å². The van der Waals surface area contributed by atoms with E-state index >= 15 is 0 Å². The number of carbonyl (C=O) groups excluding carboxylic acids is 2. The second-order valence-electron chi connectivity index (χ2n) is 11.7. The second-order valence-corrected chi connectivity index (χ2v) is 17.3. The summed E-state index contributed by atoms with van der Waals surface area (Å²) in [5, 5.41) is 5.60. The van der Waals surface area contributed by atoms with Crippen LogP contribution in [0.1, 0.15) is 37.7 Å². The maximum absolute atomic E-state index is 12.4. The van der Waals surface area contributed by atoms with Crippen molar-refractivity contribution in [3.05, 3.63) is 65.5 Å². The van der Waals surface area contributed by atoms with Crippen LogP contribution in [0.25, 0.3) is 11.0 Å². The summed E-state index contributed by atoms with van der Waals surface area (Å²) in [5.41, 5.74) is 3.13. The molecule has 39 heavy (non-hydrogen) atoms. The van der Waals surface area contributed by atoms with E-state index < -0.39 is 25.9 Å². The van der Waals surface area contributed by atoms with Crippen LogP contribution in [0.5, 0.6) is 0 Å². The number of carbonyl (C=O) groups is 2. The van der Waals surface area contributed by atoms with Crippen molar-refractivity contribution in [2.45, 2.75) is 78.4 Å². The van der Waals surface area contributed by atoms with E-state index in [1.54, 1.807) is 0 Å². The highest BCUT2D eigenvalue weighted by Crippen LogP contribution is 2.20. The number of fused-ring (bicyclic) bond motifs is 1. The zero-order chi connectivity index (χ0) is 28.5. The van der Waals surface area contributed by atoms with Crippen LogP contribution in [0.15, 0.2) is 48.5 Å². The van der Waals surface area contributed by atoms with Crippen LogP contribution in [-0.2, 0) is 40.5 Å². The van der Waals surface area contributed by atoms with Crippen LogP contribution in [0.2, 0.25) is 25.7 Å². The summed E-state index contributed by atoms with van der Waals surface area (Å²) in [5.74, 6) is 0.679. The fraction of sp³-hybridized carbons (Fsp3) is 0.483. The van der Waals surface area contributed by atoms with Crippen molar-refractivity contribution < 1.29 is 23.8 Å². The number of nitrogens with zero attached hydrogens (tertiary/aromatic N) is 2. The fourth-order valence-electron chi connectivity index (χ4n) is 3.74. The van der Waals surface area contributed by atoms with Gasteiger partial charge in [0.05, 0.1) is 17.6 Å². The van der Waals surface area contributed by atoms with E-state index in [0.717, 1.165) is 28.2 Å². The van der Waals surface area contributed by atoms with Gasteiger partial charge in [0.25, 0.3) is 0 Å². The van der Waals surface area contributed by atoms with Gasteiger partial charge in [0.2, 0.25) is 0 Å². The Morgan fingerprint density at radius 2 is 1.72 bits per heavy atom. The van der Waals surface area contributed by atoms with Gasteiger partial charge in [-0.1, -0.05) is 56.0 Å². The average Bonchev–Trinajstić information content (AvgIpc) is 3.19. The number of benzene rings is 2. The Morgan fingerprint density at radius 3 is 2.41 bits per heavy atom. The fourth-order valence-corrected chi connectivity index (χ4v) is 4.50. The number of aromatic nitrogens is 2. The molecule has 0 aliphatic carbocycles. The van der Waals surface area contributed by atoms with Crippen LogP contribution >= 0.6 is 0 Å². The van der Waals surface area contributed by atoms with Crippen molar-refractivity contribution in [3.63, 3.8) is 0 Å². The highest BCUT2D eigenvalue weighted by molar-refractivity contribution is 6.76. The summed E-state index contributed by atoms with van der Waals surface area (Å²) >= 11 is 0. The number of hydrogen-bond donors (Lipinski definition) is 2. The molecule has 0 unspecified atom stereocenters. The molecule has 2 N–H and O–H groups in total. The summed E-state index contributed by atoms with van der Waals surface area (Å²) in [7, 11) is -1.22. The minimum absolute atomic E-state index is 0.198. The molecular weight excluding hydrogens is 512 g/mol. The predicted molar refractivity (Wildman–Crippen MR) is 155 cm³/mol. The third kappa shape index (κ3) is 10.7. The molecule has 0 aliphatic heterocycles. The first-order valence-corrected chi connectivity index (χ1v) is 17.1. The number of ether oxygens (including phenoxy) is 3. The van der Waals surface area contributed by atoms with Crippen LogP contribution in [-0.4, -0.2) is 48.6 Å². The minimum Gasteiger partial charge on any atom is -0.445 e. The summed E-state index contributed by atoms with van der Waals surface area (Å²) in [6, 6.07) is 16.6. The quantitative estimate of drug-likeness (QED) is 0.215. The first-order valence-electron chi connectivity index (χ1n) is 13.4. The van der Waals surface area contributed by atoms with Crippen molar-refractivity contribution in [2.24, 2.45) is 0 Å². The summed E-state index contributed by atoms with van der Waals surface area (Å²) in [6.45, 7) is 14.3. The molecule has 3 aromatic rings. The van der Waals surface area contributed by atoms with Gasteiger partial charge < -0.3 is 29.4 Å². The van der Waals surface area contributed by atoms with Crippen molar-refractivity contribution >= 4 is 31.3 Å². The Bertz CT molecular complexity index is 1230. The lowest BCUT2D eigenvalue weighted by Crippen LogP contribution is -2.33. The van der Waals surface area contributed by atoms with Gasteiger partial charge in [-0.25, -0.2) is 14.6 Å². The standard InChI is InChI=1S/C29H42N4O5Si/c1-29(2,3)38-28(35)30-15-14-22-12-13-25-24(18-22)32-26(33(25)21-36-16-17-39(4,5)6)19-31-27(34)37-20-23-10-8-7-9-11-23/h7-13,18H,14-17,19-21H2,1-6H3,(H,30,35)(H,31,34). The molecule has 0 fully saturated rings. The van der Waals surface area contributed by atoms with Gasteiger partial charge in [-0.3, -0.25) is 0 Å². The highest BCUT2D eigenvalue weighted by atomic mass is 28.3. The smallest absolute Gasteiger partial charge is 0.407 e. The van der Waals surface area contributed by atoms with Crippen molar-refractivity contribution in [1.29, 1.82) is 0 Å². The zero-order valence-corrected chi connectivity index (χ0v) is 25.0. The lowest BCUT2D eigenvalue weighted by molar-refractivity contribution is 0.0528. The number of alkyl carbamates (subject to hydrolysis) is 2. The van der Waals surface area contributed by atoms with Crippen molar-refractivity contribution in [3.8, 4) is 0 Å². The van der Waals surface area contributed by atoms with Crippen molar-refractivity contribution in [2.75, 3.05) is 13.2 Å². The van der Waals surface area contributed by atoms with Gasteiger partial charge in [-0.2, -0.15) is 0 Å². The predicted octanol–water partition coefficient (Wildman–Crippen LogP) is 5.84. The first kappa shape index (κ1) is 30.2. The maximum atomic E-state index is 12.4. The molecule has 0 atom stereocenters. The zero-order valence-electron chi connectivity index (χ0n) is 24.0. The Kier molecular flexibility index (Phi) is 10.5. The van der Waals surface area contributed by atoms with Crippen LogP contribution < -0.4 is 10.6 Å². The number of nitrogens with one attached hydrogen (secondary N) is 2. The summed E-state index contributed by atoms with van der Waals surface area (Å²) in [6.07, 6.45) is -0.310. The molecule has 1 heterocycles. The molecule has 0 spiro atoms. The number of amides is 2. The molecule has 0 bridgehead atoms. The Morgan fingerprint density at radius 1 is 0.974 bits per heavy atom. The van der Waals surface area contributed by atoms with E-state index in [0.29, 0.717) is 32.1 Å². The normalized spacial score (nSPS) is 11.8. The van der Waals surface area contributed by atoms with Gasteiger partial charge in [-0.15, -0.1) is 0 Å². The third-order valence-corrected chi connectivity index (χ3v) is 7.50. The van der Waals surface area contributed by atoms with Crippen LogP contribution in [0, 0.1) is 0 Å². The Balaban J connectivity index is 1.66. The van der Waals surface area contributed by atoms with Crippen molar-refractivity contribution in [1.82, 2.24) is 20.2 Å². The van der Waals surface area contributed by atoms with Gasteiger partial charge >= 0.3 is 12.2 Å². The SMILES string of the molecule is CC(C)(C)OC(=O)NCCc1ccc2c(c1)nc(CNC(=O)OCc1ccccc1)n2COCC[Si](C)(C)C. The lowest BCUT2D eigenvalue weighted by Gasteiger charge is -2.19. The third-order valence-electron chi connectivity index (χ3n) is 5.79. The lowest BCUT2D eigenvalue weighted by atomic mass is 10.1. The molecule has 3 rings (SSSR count). The van der Waals surface area contributed by atoms with E-state index in [1.807, 2.05) is 73.9 Å². The Labute approximate surface area is 232 Å². The molecule has 0 saturated carbocycles. The number of imidazole rings is 1. The van der Waals surface area contributed by atoms with E-state index in [2.05, 4.69) is 30.3 Å². The molecule has 10 heteroatoms. The van der Waals surface area contributed by atoms with Gasteiger partial charge in [0.15, 0.2) is 0 Å². The molecular formula is C29H42N4O5Si. The molecule has 2 aromatic carbocycles.